The number of halogens is 3. The molecule has 1 amide bonds. The molecule has 0 fully saturated rings. The number of nitrogens with one attached hydrogen (secondary N) is 1. The minimum atomic E-state index is -4.74. The second-order valence-electron chi connectivity index (χ2n) is 9.54. The number of hydrogen-bond acceptors (Lipinski definition) is 6. The molecule has 0 radical (unpaired) electrons. The molecule has 8 nitrogen and oxygen atoms in total. The number of aliphatic hydroxyl groups excluding tert-OH is 1. The number of fused-ring (bicyclic) bond motifs is 1. The molecule has 0 saturated heterocycles. The summed E-state index contributed by atoms with van der Waals surface area (Å²) in [6, 6.07) is 14.0. The molecule has 0 saturated carbocycles. The van der Waals surface area contributed by atoms with Crippen LogP contribution in [0.3, 0.4) is 0 Å². The Morgan fingerprint density at radius 1 is 1.14 bits per heavy atom. The lowest BCUT2D eigenvalue weighted by atomic mass is 9.84. The summed E-state index contributed by atoms with van der Waals surface area (Å²) in [6.45, 7) is 3.09. The fourth-order valence-electron chi connectivity index (χ4n) is 3.72. The number of hydrogen-bond donors (Lipinski definition) is 3. The van der Waals surface area contributed by atoms with Crippen LogP contribution in [0.5, 0.6) is 5.75 Å². The molecule has 2 aromatic rings. The van der Waals surface area contributed by atoms with Gasteiger partial charge in [-0.1, -0.05) is 30.3 Å². The normalized spacial score (nSPS) is 17.4. The minimum absolute atomic E-state index is 0.0441. The topological polar surface area (TPSA) is 108 Å². The number of carbonyl (C=O) groups is 2. The zero-order valence-electron chi connectivity index (χ0n) is 20.1. The van der Waals surface area contributed by atoms with Crippen molar-refractivity contribution in [2.75, 3.05) is 23.4 Å². The highest BCUT2D eigenvalue weighted by atomic mass is 19.4. The second kappa shape index (κ2) is 10.3. The third-order valence-electron chi connectivity index (χ3n) is 6.05. The maximum Gasteiger partial charge on any atom is 0.427 e. The van der Waals surface area contributed by atoms with Gasteiger partial charge in [0.05, 0.1) is 24.3 Å². The van der Waals surface area contributed by atoms with E-state index in [9.17, 15) is 33.0 Å². The number of carboxylic acid groups (broad SMARTS) is 1. The lowest BCUT2D eigenvalue weighted by Crippen LogP contribution is -2.45. The molecule has 0 spiro atoms. The Labute approximate surface area is 206 Å². The van der Waals surface area contributed by atoms with Crippen molar-refractivity contribution >= 4 is 23.4 Å². The van der Waals surface area contributed by atoms with E-state index in [1.165, 1.54) is 13.0 Å². The lowest BCUT2D eigenvalue weighted by Gasteiger charge is -2.39. The van der Waals surface area contributed by atoms with E-state index in [2.05, 4.69) is 10.1 Å². The van der Waals surface area contributed by atoms with Crippen LogP contribution in [0.25, 0.3) is 0 Å². The first kappa shape index (κ1) is 27.1. The van der Waals surface area contributed by atoms with Crippen LogP contribution < -0.4 is 15.0 Å². The van der Waals surface area contributed by atoms with Crippen LogP contribution in [0, 0.1) is 5.41 Å². The molecule has 2 unspecified atom stereocenters. The van der Waals surface area contributed by atoms with E-state index in [1.807, 2.05) is 35.2 Å². The van der Waals surface area contributed by atoms with Gasteiger partial charge in [0.25, 0.3) is 0 Å². The summed E-state index contributed by atoms with van der Waals surface area (Å²) in [7, 11) is 0. The van der Waals surface area contributed by atoms with E-state index in [4.69, 9.17) is 4.74 Å². The van der Waals surface area contributed by atoms with Crippen molar-refractivity contribution in [3.05, 3.63) is 54.1 Å². The second-order valence-corrected chi connectivity index (χ2v) is 9.54. The van der Waals surface area contributed by atoms with Gasteiger partial charge >= 0.3 is 18.2 Å². The first-order valence-corrected chi connectivity index (χ1v) is 11.2. The predicted octanol–water partition coefficient (Wildman–Crippen LogP) is 4.82. The largest absolute Gasteiger partial charge is 0.486 e. The molecule has 2 atom stereocenters. The highest BCUT2D eigenvalue weighted by molar-refractivity contribution is 5.86. The van der Waals surface area contributed by atoms with Gasteiger partial charge in [-0.3, -0.25) is 10.1 Å². The van der Waals surface area contributed by atoms with Crippen molar-refractivity contribution in [2.24, 2.45) is 5.41 Å². The SMILES string of the molecule is CC(CO)(CC1CN(Cc2ccccc2)c2cc(NC(=O)OC(C)(C)C(F)(F)F)ccc2O1)C(=O)O. The van der Waals surface area contributed by atoms with Crippen molar-refractivity contribution in [1.82, 2.24) is 0 Å². The number of aliphatic carboxylic acids is 1. The van der Waals surface area contributed by atoms with Gasteiger partial charge < -0.3 is 24.6 Å². The van der Waals surface area contributed by atoms with Crippen molar-refractivity contribution in [2.45, 2.75) is 51.6 Å². The summed E-state index contributed by atoms with van der Waals surface area (Å²) in [5.41, 5.74) is -2.37. The highest BCUT2D eigenvalue weighted by Crippen LogP contribution is 2.39. The number of benzene rings is 2. The third-order valence-corrected chi connectivity index (χ3v) is 6.05. The Bertz CT molecular complexity index is 1090. The number of carboxylic acids is 1. The predicted molar refractivity (Wildman–Crippen MR) is 126 cm³/mol. The average molecular weight is 511 g/mol. The van der Waals surface area contributed by atoms with Gasteiger partial charge in [0, 0.05) is 18.7 Å². The summed E-state index contributed by atoms with van der Waals surface area (Å²) >= 11 is 0. The van der Waals surface area contributed by atoms with E-state index in [1.54, 1.807) is 12.1 Å². The number of rotatable bonds is 8. The van der Waals surface area contributed by atoms with Crippen molar-refractivity contribution < 1.29 is 42.4 Å². The summed E-state index contributed by atoms with van der Waals surface area (Å²) in [5.74, 6) is -0.740. The van der Waals surface area contributed by atoms with E-state index < -0.39 is 42.0 Å². The van der Waals surface area contributed by atoms with Crippen molar-refractivity contribution in [1.29, 1.82) is 0 Å². The van der Waals surface area contributed by atoms with Crippen molar-refractivity contribution in [3.63, 3.8) is 0 Å². The molecule has 2 aromatic carbocycles. The molecule has 11 heteroatoms. The summed E-state index contributed by atoms with van der Waals surface area (Å²) in [5, 5.41) is 21.5. The Kier molecular flexibility index (Phi) is 7.73. The van der Waals surface area contributed by atoms with Gasteiger partial charge in [0.1, 0.15) is 11.9 Å². The number of amides is 1. The Morgan fingerprint density at radius 3 is 2.39 bits per heavy atom. The molecule has 0 bridgehead atoms. The molecule has 1 aliphatic rings. The Hall–Kier alpha value is -3.47. The lowest BCUT2D eigenvalue weighted by molar-refractivity contribution is -0.242. The standard InChI is InChI=1S/C25H29F3N2O6/c1-23(2,25(26,27)28)36-22(34)29-17-9-10-20-19(11-17)30(13-16-7-5-4-6-8-16)14-18(35-20)12-24(3,15-31)21(32)33/h4-11,18,31H,12-15H2,1-3H3,(H,29,34)(H,32,33). The van der Waals surface area contributed by atoms with E-state index in [-0.39, 0.29) is 18.7 Å². The van der Waals surface area contributed by atoms with Crippen LogP contribution in [0.4, 0.5) is 29.3 Å². The molecule has 1 aliphatic heterocycles. The van der Waals surface area contributed by atoms with Crippen LogP contribution in [0.1, 0.15) is 32.8 Å². The summed E-state index contributed by atoms with van der Waals surface area (Å²) in [4.78, 5) is 25.8. The number of ether oxygens (including phenoxy) is 2. The van der Waals surface area contributed by atoms with Gasteiger partial charge in [0.15, 0.2) is 0 Å². The molecular weight excluding hydrogens is 481 g/mol. The Morgan fingerprint density at radius 2 is 1.81 bits per heavy atom. The number of nitrogens with zero attached hydrogens (tertiary/aromatic N) is 1. The summed E-state index contributed by atoms with van der Waals surface area (Å²) in [6.07, 6.45) is -6.52. The van der Waals surface area contributed by atoms with Crippen molar-refractivity contribution in [3.8, 4) is 5.75 Å². The monoisotopic (exact) mass is 510 g/mol. The molecular formula is C25H29F3N2O6. The van der Waals surface area contributed by atoms with E-state index in [0.29, 0.717) is 18.0 Å². The van der Waals surface area contributed by atoms with E-state index in [0.717, 1.165) is 19.4 Å². The molecule has 0 aromatic heterocycles. The zero-order chi connectivity index (χ0) is 26.7. The molecule has 36 heavy (non-hydrogen) atoms. The van der Waals surface area contributed by atoms with Crippen LogP contribution in [-0.4, -0.2) is 53.3 Å². The quantitative estimate of drug-likeness (QED) is 0.467. The first-order chi connectivity index (χ1) is 16.7. The van der Waals surface area contributed by atoms with Crippen LogP contribution in [0.15, 0.2) is 48.5 Å². The maximum atomic E-state index is 13.1. The molecule has 1 heterocycles. The van der Waals surface area contributed by atoms with Gasteiger partial charge in [-0.2, -0.15) is 13.2 Å². The smallest absolute Gasteiger partial charge is 0.427 e. The highest BCUT2D eigenvalue weighted by Gasteiger charge is 2.51. The Balaban J connectivity index is 1.86. The fourth-order valence-corrected chi connectivity index (χ4v) is 3.72. The third kappa shape index (κ3) is 6.20. The molecule has 3 N–H and O–H groups in total. The molecule has 3 rings (SSSR count). The minimum Gasteiger partial charge on any atom is -0.486 e. The number of aliphatic hydroxyl groups is 1. The zero-order valence-corrected chi connectivity index (χ0v) is 20.1. The van der Waals surface area contributed by atoms with Crippen LogP contribution >= 0.6 is 0 Å². The number of alkyl halides is 3. The maximum absolute atomic E-state index is 13.1. The first-order valence-electron chi connectivity index (χ1n) is 11.2. The number of carbonyl (C=O) groups excluding carboxylic acids is 1. The fraction of sp³-hybridized carbons (Fsp3) is 0.440. The molecule has 196 valence electrons. The van der Waals surface area contributed by atoms with E-state index >= 15 is 0 Å². The van der Waals surface area contributed by atoms with Gasteiger partial charge in [-0.05, 0) is 44.5 Å². The van der Waals surface area contributed by atoms with Gasteiger partial charge in [-0.25, -0.2) is 4.79 Å². The molecule has 0 aliphatic carbocycles. The average Bonchev–Trinajstić information content (AvgIpc) is 2.78. The summed E-state index contributed by atoms with van der Waals surface area (Å²) < 4.78 is 49.8. The van der Waals surface area contributed by atoms with Gasteiger partial charge in [-0.15, -0.1) is 0 Å². The van der Waals surface area contributed by atoms with Crippen LogP contribution in [-0.2, 0) is 16.1 Å². The van der Waals surface area contributed by atoms with Crippen LogP contribution in [0.2, 0.25) is 0 Å². The number of anilines is 2. The van der Waals surface area contributed by atoms with Gasteiger partial charge in [0.2, 0.25) is 5.60 Å².